The minimum absolute atomic E-state index is 0.0181. The third-order valence-corrected chi connectivity index (χ3v) is 5.43. The number of piperazine rings is 1. The average molecular weight is 406 g/mol. The summed E-state index contributed by atoms with van der Waals surface area (Å²) in [5, 5.41) is 3.85. The maximum Gasteiger partial charge on any atom is 0.238 e. The number of para-hydroxylation sites is 1. The van der Waals surface area contributed by atoms with E-state index >= 15 is 0 Å². The first-order valence-corrected chi connectivity index (χ1v) is 10.2. The zero-order valence-corrected chi connectivity index (χ0v) is 17.0. The van der Waals surface area contributed by atoms with Crippen LogP contribution in [0.3, 0.4) is 0 Å². The number of carbonyl (C=O) groups excluding carboxylic acids is 1. The molecule has 29 heavy (non-hydrogen) atoms. The van der Waals surface area contributed by atoms with Crippen LogP contribution in [0, 0.1) is 0 Å². The van der Waals surface area contributed by atoms with Crippen molar-refractivity contribution >= 4 is 28.9 Å². The standard InChI is InChI=1S/C24H24ClN3O/c25-20-9-6-10-21(17-20)28-15-13-27(14-16-28)18-24(29)26-23-12-5-4-11-22(23)19-7-2-1-3-8-19/h1-12,17H,13-16,18H2,(H,26,29). The molecule has 5 heteroatoms. The van der Waals surface area contributed by atoms with Gasteiger partial charge in [0.1, 0.15) is 0 Å². The second-order valence-corrected chi connectivity index (χ2v) is 7.64. The van der Waals surface area contributed by atoms with Gasteiger partial charge in [-0.1, -0.05) is 66.2 Å². The van der Waals surface area contributed by atoms with Gasteiger partial charge in [-0.2, -0.15) is 0 Å². The molecule has 3 aromatic rings. The van der Waals surface area contributed by atoms with Crippen molar-refractivity contribution in [1.29, 1.82) is 0 Å². The Labute approximate surface area is 176 Å². The summed E-state index contributed by atoms with van der Waals surface area (Å²) in [5.74, 6) is 0.0181. The van der Waals surface area contributed by atoms with E-state index in [2.05, 4.69) is 33.3 Å². The third kappa shape index (κ3) is 4.97. The Balaban J connectivity index is 1.35. The first kappa shape index (κ1) is 19.5. The molecule has 4 nitrogen and oxygen atoms in total. The Kier molecular flexibility index (Phi) is 6.13. The number of halogens is 1. The summed E-state index contributed by atoms with van der Waals surface area (Å²) in [6.07, 6.45) is 0. The normalized spacial score (nSPS) is 14.6. The lowest BCUT2D eigenvalue weighted by atomic mass is 10.0. The summed E-state index contributed by atoms with van der Waals surface area (Å²) in [5.41, 5.74) is 4.12. The monoisotopic (exact) mass is 405 g/mol. The molecule has 4 rings (SSSR count). The van der Waals surface area contributed by atoms with E-state index in [1.807, 2.05) is 60.7 Å². The molecule has 1 amide bonds. The predicted octanol–water partition coefficient (Wildman–Crippen LogP) is 4.77. The highest BCUT2D eigenvalue weighted by Crippen LogP contribution is 2.27. The highest BCUT2D eigenvalue weighted by molar-refractivity contribution is 6.30. The van der Waals surface area contributed by atoms with Crippen molar-refractivity contribution in [2.75, 3.05) is 42.9 Å². The third-order valence-electron chi connectivity index (χ3n) is 5.20. The summed E-state index contributed by atoms with van der Waals surface area (Å²) >= 11 is 6.11. The molecule has 148 valence electrons. The zero-order valence-electron chi connectivity index (χ0n) is 16.2. The Bertz CT molecular complexity index is 969. The maximum absolute atomic E-state index is 12.7. The number of anilines is 2. The van der Waals surface area contributed by atoms with Gasteiger partial charge in [0, 0.05) is 48.1 Å². The molecule has 0 atom stereocenters. The fraction of sp³-hybridized carbons (Fsp3) is 0.208. The van der Waals surface area contributed by atoms with E-state index in [0.717, 1.165) is 53.7 Å². The first-order valence-electron chi connectivity index (χ1n) is 9.86. The van der Waals surface area contributed by atoms with Gasteiger partial charge in [-0.25, -0.2) is 0 Å². The second-order valence-electron chi connectivity index (χ2n) is 7.20. The summed E-state index contributed by atoms with van der Waals surface area (Å²) in [7, 11) is 0. The van der Waals surface area contributed by atoms with E-state index in [9.17, 15) is 4.79 Å². The number of benzene rings is 3. The summed E-state index contributed by atoms with van der Waals surface area (Å²) in [6.45, 7) is 3.86. The van der Waals surface area contributed by atoms with Crippen LogP contribution >= 0.6 is 11.6 Å². The van der Waals surface area contributed by atoms with Gasteiger partial charge in [-0.15, -0.1) is 0 Å². The smallest absolute Gasteiger partial charge is 0.238 e. The topological polar surface area (TPSA) is 35.6 Å². The lowest BCUT2D eigenvalue weighted by Gasteiger charge is -2.35. The van der Waals surface area contributed by atoms with Gasteiger partial charge in [-0.05, 0) is 29.8 Å². The van der Waals surface area contributed by atoms with Gasteiger partial charge in [0.25, 0.3) is 0 Å². The molecule has 1 saturated heterocycles. The number of amides is 1. The number of rotatable bonds is 5. The van der Waals surface area contributed by atoms with Crippen LogP contribution in [0.25, 0.3) is 11.1 Å². The largest absolute Gasteiger partial charge is 0.369 e. The first-order chi connectivity index (χ1) is 14.2. The van der Waals surface area contributed by atoms with E-state index in [0.29, 0.717) is 6.54 Å². The molecule has 3 aromatic carbocycles. The van der Waals surface area contributed by atoms with Crippen LogP contribution in [0.4, 0.5) is 11.4 Å². The quantitative estimate of drug-likeness (QED) is 0.664. The van der Waals surface area contributed by atoms with E-state index in [4.69, 9.17) is 11.6 Å². The van der Waals surface area contributed by atoms with Crippen molar-refractivity contribution in [3.05, 3.63) is 83.9 Å². The highest BCUT2D eigenvalue weighted by atomic mass is 35.5. The molecule has 1 fully saturated rings. The van der Waals surface area contributed by atoms with Crippen LogP contribution in [0.15, 0.2) is 78.9 Å². The number of nitrogens with zero attached hydrogens (tertiary/aromatic N) is 2. The summed E-state index contributed by atoms with van der Waals surface area (Å²) in [6, 6.07) is 26.0. The van der Waals surface area contributed by atoms with E-state index in [-0.39, 0.29) is 5.91 Å². The van der Waals surface area contributed by atoms with Crippen molar-refractivity contribution in [3.63, 3.8) is 0 Å². The number of nitrogens with one attached hydrogen (secondary N) is 1. The lowest BCUT2D eigenvalue weighted by Crippen LogP contribution is -2.48. The molecule has 0 radical (unpaired) electrons. The van der Waals surface area contributed by atoms with Gasteiger partial charge in [0.2, 0.25) is 5.91 Å². The fourth-order valence-corrected chi connectivity index (χ4v) is 3.88. The molecule has 0 spiro atoms. The average Bonchev–Trinajstić information content (AvgIpc) is 2.75. The molecular formula is C24H24ClN3O. The van der Waals surface area contributed by atoms with Crippen LogP contribution in [-0.4, -0.2) is 43.5 Å². The Morgan fingerprint density at radius 1 is 0.862 bits per heavy atom. The molecule has 0 aliphatic carbocycles. The van der Waals surface area contributed by atoms with Gasteiger partial charge >= 0.3 is 0 Å². The van der Waals surface area contributed by atoms with E-state index in [1.165, 1.54) is 0 Å². The molecule has 0 unspecified atom stereocenters. The molecule has 1 N–H and O–H groups in total. The molecule has 0 aromatic heterocycles. The van der Waals surface area contributed by atoms with Gasteiger partial charge in [0.05, 0.1) is 6.54 Å². The Morgan fingerprint density at radius 3 is 2.34 bits per heavy atom. The maximum atomic E-state index is 12.7. The van der Waals surface area contributed by atoms with Crippen LogP contribution in [-0.2, 0) is 4.79 Å². The molecule has 1 heterocycles. The predicted molar refractivity (Wildman–Crippen MR) is 121 cm³/mol. The van der Waals surface area contributed by atoms with Crippen LogP contribution < -0.4 is 10.2 Å². The van der Waals surface area contributed by atoms with E-state index in [1.54, 1.807) is 0 Å². The van der Waals surface area contributed by atoms with Gasteiger partial charge in [-0.3, -0.25) is 9.69 Å². The Morgan fingerprint density at radius 2 is 1.59 bits per heavy atom. The van der Waals surface area contributed by atoms with Crippen molar-refractivity contribution < 1.29 is 4.79 Å². The lowest BCUT2D eigenvalue weighted by molar-refractivity contribution is -0.117. The zero-order chi connectivity index (χ0) is 20.1. The molecule has 0 saturated carbocycles. The van der Waals surface area contributed by atoms with E-state index < -0.39 is 0 Å². The fourth-order valence-electron chi connectivity index (χ4n) is 3.69. The van der Waals surface area contributed by atoms with Crippen molar-refractivity contribution in [2.45, 2.75) is 0 Å². The van der Waals surface area contributed by atoms with Gasteiger partial charge < -0.3 is 10.2 Å². The van der Waals surface area contributed by atoms with Crippen LogP contribution in [0.5, 0.6) is 0 Å². The van der Waals surface area contributed by atoms with Crippen molar-refractivity contribution in [2.24, 2.45) is 0 Å². The van der Waals surface area contributed by atoms with Gasteiger partial charge in [0.15, 0.2) is 0 Å². The van der Waals surface area contributed by atoms with Crippen LogP contribution in [0.1, 0.15) is 0 Å². The number of hydrogen-bond acceptors (Lipinski definition) is 3. The number of hydrogen-bond donors (Lipinski definition) is 1. The molecule has 1 aliphatic heterocycles. The number of carbonyl (C=O) groups is 1. The summed E-state index contributed by atoms with van der Waals surface area (Å²) < 4.78 is 0. The molecular weight excluding hydrogens is 382 g/mol. The van der Waals surface area contributed by atoms with Crippen LogP contribution in [0.2, 0.25) is 5.02 Å². The minimum Gasteiger partial charge on any atom is -0.369 e. The van der Waals surface area contributed by atoms with Crippen molar-refractivity contribution in [3.8, 4) is 11.1 Å². The summed E-state index contributed by atoms with van der Waals surface area (Å²) in [4.78, 5) is 17.2. The SMILES string of the molecule is O=C(CN1CCN(c2cccc(Cl)c2)CC1)Nc1ccccc1-c1ccccc1. The molecule has 0 bridgehead atoms. The minimum atomic E-state index is 0.0181. The molecule has 1 aliphatic rings. The highest BCUT2D eigenvalue weighted by Gasteiger charge is 2.20. The Hall–Kier alpha value is -2.82. The second kappa shape index (κ2) is 9.12. The van der Waals surface area contributed by atoms with Crippen molar-refractivity contribution in [1.82, 2.24) is 4.90 Å².